The van der Waals surface area contributed by atoms with Gasteiger partial charge in [-0.05, 0) is 49.1 Å². The molecule has 0 spiro atoms. The average molecular weight is 354 g/mol. The topological polar surface area (TPSA) is 91.0 Å². The number of ether oxygens (including phenoxy) is 1. The van der Waals surface area contributed by atoms with Crippen molar-refractivity contribution < 1.29 is 19.3 Å². The smallest absolute Gasteiger partial charge is 0.365 e. The highest BCUT2D eigenvalue weighted by Gasteiger charge is 2.40. The quantitative estimate of drug-likeness (QED) is 0.339. The summed E-state index contributed by atoms with van der Waals surface area (Å²) in [6, 6.07) is 13.1. The second kappa shape index (κ2) is 7.35. The SMILES string of the molecule is COc1ccc([C@@H]2C[C@@H]2C(C)=NOC(=O)c2ccc([N+](=O)[O-])cc2)cc1. The minimum atomic E-state index is -0.638. The number of non-ortho nitro benzene ring substituents is 1. The van der Waals surface area contributed by atoms with Gasteiger partial charge in [-0.3, -0.25) is 10.1 Å². The molecule has 2 atom stereocenters. The predicted octanol–water partition coefficient (Wildman–Crippen LogP) is 3.94. The summed E-state index contributed by atoms with van der Waals surface area (Å²) >= 11 is 0. The highest BCUT2D eigenvalue weighted by atomic mass is 16.7. The molecule has 7 heteroatoms. The van der Waals surface area contributed by atoms with Gasteiger partial charge in [-0.15, -0.1) is 0 Å². The molecule has 0 saturated heterocycles. The number of benzene rings is 2. The number of nitro groups is 1. The second-order valence-electron chi connectivity index (χ2n) is 6.14. The van der Waals surface area contributed by atoms with Crippen LogP contribution in [0.4, 0.5) is 5.69 Å². The van der Waals surface area contributed by atoms with Gasteiger partial charge >= 0.3 is 5.97 Å². The second-order valence-corrected chi connectivity index (χ2v) is 6.14. The summed E-state index contributed by atoms with van der Waals surface area (Å²) in [6.07, 6.45) is 0.955. The van der Waals surface area contributed by atoms with E-state index in [1.54, 1.807) is 7.11 Å². The first-order valence-electron chi connectivity index (χ1n) is 8.14. The van der Waals surface area contributed by atoms with Gasteiger partial charge in [0.2, 0.25) is 0 Å². The maximum Gasteiger partial charge on any atom is 0.365 e. The molecule has 2 aromatic rings. The van der Waals surface area contributed by atoms with Crippen molar-refractivity contribution in [3.05, 3.63) is 69.8 Å². The summed E-state index contributed by atoms with van der Waals surface area (Å²) in [5.74, 6) is 0.782. The first-order valence-corrected chi connectivity index (χ1v) is 8.14. The van der Waals surface area contributed by atoms with Gasteiger partial charge < -0.3 is 9.57 Å². The Bertz CT molecular complexity index is 843. The number of hydrogen-bond donors (Lipinski definition) is 0. The Morgan fingerprint density at radius 2 is 1.81 bits per heavy atom. The van der Waals surface area contributed by atoms with Crippen molar-refractivity contribution in [1.29, 1.82) is 0 Å². The van der Waals surface area contributed by atoms with Crippen molar-refractivity contribution in [2.45, 2.75) is 19.3 Å². The highest BCUT2D eigenvalue weighted by Crippen LogP contribution is 2.48. The van der Waals surface area contributed by atoms with Crippen LogP contribution in [-0.4, -0.2) is 23.7 Å². The van der Waals surface area contributed by atoms with Crippen molar-refractivity contribution in [1.82, 2.24) is 0 Å². The van der Waals surface area contributed by atoms with Crippen LogP contribution in [0.3, 0.4) is 0 Å². The summed E-state index contributed by atoms with van der Waals surface area (Å²) in [5.41, 5.74) is 2.09. The molecule has 1 fully saturated rings. The third-order valence-electron chi connectivity index (χ3n) is 4.46. The molecule has 0 N–H and O–H groups in total. The predicted molar refractivity (Wildman–Crippen MR) is 95.5 cm³/mol. The van der Waals surface area contributed by atoms with Crippen LogP contribution >= 0.6 is 0 Å². The number of oxime groups is 1. The number of carbonyl (C=O) groups excluding carboxylic acids is 1. The number of carbonyl (C=O) groups is 1. The van der Waals surface area contributed by atoms with Gasteiger partial charge in [0.15, 0.2) is 0 Å². The maximum atomic E-state index is 12.0. The summed E-state index contributed by atoms with van der Waals surface area (Å²) in [5, 5.41) is 14.6. The van der Waals surface area contributed by atoms with Crippen LogP contribution in [0.1, 0.15) is 35.2 Å². The van der Waals surface area contributed by atoms with E-state index < -0.39 is 10.9 Å². The lowest BCUT2D eigenvalue weighted by Crippen LogP contribution is -2.05. The fourth-order valence-electron chi connectivity index (χ4n) is 2.83. The van der Waals surface area contributed by atoms with Crippen LogP contribution in [0, 0.1) is 16.0 Å². The third-order valence-corrected chi connectivity index (χ3v) is 4.46. The zero-order chi connectivity index (χ0) is 18.7. The lowest BCUT2D eigenvalue weighted by atomic mass is 10.1. The summed E-state index contributed by atoms with van der Waals surface area (Å²) in [6.45, 7) is 1.83. The van der Waals surface area contributed by atoms with E-state index in [0.29, 0.717) is 5.92 Å². The van der Waals surface area contributed by atoms with Gasteiger partial charge in [0.1, 0.15) is 5.75 Å². The Kier molecular flexibility index (Phi) is 4.97. The van der Waals surface area contributed by atoms with Crippen LogP contribution < -0.4 is 4.74 Å². The van der Waals surface area contributed by atoms with Gasteiger partial charge in [0.05, 0.1) is 23.3 Å². The summed E-state index contributed by atoms with van der Waals surface area (Å²) in [7, 11) is 1.63. The van der Waals surface area contributed by atoms with Crippen molar-refractivity contribution in [3.63, 3.8) is 0 Å². The Hall–Kier alpha value is -3.22. The number of rotatable bonds is 6. The number of hydrogen-bond acceptors (Lipinski definition) is 6. The fraction of sp³-hybridized carbons (Fsp3) is 0.263. The van der Waals surface area contributed by atoms with Gasteiger partial charge in [-0.25, -0.2) is 4.79 Å². The van der Waals surface area contributed by atoms with Gasteiger partial charge in [0.25, 0.3) is 5.69 Å². The molecule has 134 valence electrons. The van der Waals surface area contributed by atoms with Crippen molar-refractivity contribution in [2.75, 3.05) is 7.11 Å². The number of methoxy groups -OCH3 is 1. The molecule has 1 saturated carbocycles. The van der Waals surface area contributed by atoms with Crippen LogP contribution in [0.15, 0.2) is 53.7 Å². The van der Waals surface area contributed by atoms with Crippen LogP contribution in [-0.2, 0) is 4.84 Å². The number of nitrogens with zero attached hydrogens (tertiary/aromatic N) is 2. The molecular formula is C19H18N2O5. The third kappa shape index (κ3) is 3.88. The van der Waals surface area contributed by atoms with E-state index in [0.717, 1.165) is 17.9 Å². The minimum absolute atomic E-state index is 0.0819. The van der Waals surface area contributed by atoms with E-state index in [1.807, 2.05) is 31.2 Å². The van der Waals surface area contributed by atoms with E-state index >= 15 is 0 Å². The van der Waals surface area contributed by atoms with E-state index in [9.17, 15) is 14.9 Å². The maximum absolute atomic E-state index is 12.0. The van der Waals surface area contributed by atoms with Crippen molar-refractivity contribution >= 4 is 17.4 Å². The van der Waals surface area contributed by atoms with Crippen molar-refractivity contribution in [3.8, 4) is 5.75 Å². The van der Waals surface area contributed by atoms with E-state index in [4.69, 9.17) is 9.57 Å². The van der Waals surface area contributed by atoms with Crippen molar-refractivity contribution in [2.24, 2.45) is 11.1 Å². The largest absolute Gasteiger partial charge is 0.497 e. The molecule has 2 aromatic carbocycles. The minimum Gasteiger partial charge on any atom is -0.497 e. The molecular weight excluding hydrogens is 336 g/mol. The molecule has 0 aliphatic heterocycles. The lowest BCUT2D eigenvalue weighted by molar-refractivity contribution is -0.384. The standard InChI is InChI=1S/C19H18N2O5/c1-12(17-11-18(17)13-5-9-16(25-2)10-6-13)20-26-19(22)14-3-7-15(8-4-14)21(23)24/h3-10,17-18H,11H2,1-2H3/t17-,18+/m1/s1. The van der Waals surface area contributed by atoms with E-state index in [1.165, 1.54) is 29.8 Å². The van der Waals surface area contributed by atoms with Gasteiger partial charge in [-0.2, -0.15) is 0 Å². The summed E-state index contributed by atoms with van der Waals surface area (Å²) in [4.78, 5) is 27.1. The Balaban J connectivity index is 1.58. The molecule has 0 amide bonds. The molecule has 0 radical (unpaired) electrons. The lowest BCUT2D eigenvalue weighted by Gasteiger charge is -2.03. The molecule has 26 heavy (non-hydrogen) atoms. The van der Waals surface area contributed by atoms with E-state index in [-0.39, 0.29) is 17.2 Å². The molecule has 3 rings (SSSR count). The summed E-state index contributed by atoms with van der Waals surface area (Å²) < 4.78 is 5.15. The van der Waals surface area contributed by atoms with E-state index in [2.05, 4.69) is 5.16 Å². The monoisotopic (exact) mass is 354 g/mol. The molecule has 1 aliphatic rings. The zero-order valence-electron chi connectivity index (χ0n) is 14.4. The molecule has 0 aromatic heterocycles. The number of nitro benzene ring substituents is 1. The normalized spacial score (nSPS) is 18.9. The molecule has 1 aliphatic carbocycles. The Morgan fingerprint density at radius 1 is 1.15 bits per heavy atom. The van der Waals surface area contributed by atoms with Crippen LogP contribution in [0.2, 0.25) is 0 Å². The highest BCUT2D eigenvalue weighted by molar-refractivity contribution is 5.92. The fourth-order valence-corrected chi connectivity index (χ4v) is 2.83. The first-order chi connectivity index (χ1) is 12.5. The molecule has 0 unspecified atom stereocenters. The molecule has 0 heterocycles. The Labute approximate surface area is 150 Å². The molecule has 7 nitrogen and oxygen atoms in total. The van der Waals surface area contributed by atoms with Gasteiger partial charge in [0, 0.05) is 18.1 Å². The molecule has 0 bridgehead atoms. The average Bonchev–Trinajstić information content (AvgIpc) is 3.47. The van der Waals surface area contributed by atoms with Crippen LogP contribution in [0.25, 0.3) is 0 Å². The Morgan fingerprint density at radius 3 is 2.38 bits per heavy atom. The first kappa shape index (κ1) is 17.6. The van der Waals surface area contributed by atoms with Gasteiger partial charge in [-0.1, -0.05) is 17.3 Å². The van der Waals surface area contributed by atoms with Crippen LogP contribution in [0.5, 0.6) is 5.75 Å². The zero-order valence-corrected chi connectivity index (χ0v) is 14.4.